The number of likely N-dealkylation sites (tertiary alicyclic amines) is 1. The summed E-state index contributed by atoms with van der Waals surface area (Å²) in [5.41, 5.74) is 1.38. The second-order valence-corrected chi connectivity index (χ2v) is 6.99. The molecule has 1 fully saturated rings. The molecule has 0 aliphatic carbocycles. The highest BCUT2D eigenvalue weighted by Crippen LogP contribution is 2.16. The van der Waals surface area contributed by atoms with E-state index in [2.05, 4.69) is 39.8 Å². The van der Waals surface area contributed by atoms with E-state index in [1.165, 1.54) is 5.56 Å². The van der Waals surface area contributed by atoms with Crippen molar-refractivity contribution in [3.8, 4) is 0 Å². The van der Waals surface area contributed by atoms with Crippen LogP contribution < -0.4 is 10.6 Å². The van der Waals surface area contributed by atoms with Crippen molar-refractivity contribution >= 4 is 6.03 Å². The highest BCUT2D eigenvalue weighted by atomic mass is 16.3. The van der Waals surface area contributed by atoms with Crippen LogP contribution in [0, 0.1) is 11.8 Å². The Morgan fingerprint density at radius 1 is 1.33 bits per heavy atom. The van der Waals surface area contributed by atoms with Crippen LogP contribution in [-0.2, 0) is 6.42 Å². The lowest BCUT2D eigenvalue weighted by molar-refractivity contribution is 0.199. The Bertz CT molecular complexity index is 495. The first-order chi connectivity index (χ1) is 11.6. The molecule has 24 heavy (non-hydrogen) atoms. The Kier molecular flexibility index (Phi) is 7.53. The van der Waals surface area contributed by atoms with Crippen LogP contribution in [0.25, 0.3) is 0 Å². The first-order valence-corrected chi connectivity index (χ1v) is 9.00. The smallest absolute Gasteiger partial charge is 0.315 e. The molecule has 1 aliphatic heterocycles. The first kappa shape index (κ1) is 18.7. The topological polar surface area (TPSA) is 64.6 Å². The average Bonchev–Trinajstić information content (AvgIpc) is 3.06. The van der Waals surface area contributed by atoms with Crippen molar-refractivity contribution in [3.63, 3.8) is 0 Å². The molecule has 2 rings (SSSR count). The van der Waals surface area contributed by atoms with Gasteiger partial charge in [0.2, 0.25) is 0 Å². The number of amides is 2. The molecule has 0 aromatic heterocycles. The second kappa shape index (κ2) is 9.64. The molecule has 1 aliphatic rings. The van der Waals surface area contributed by atoms with Gasteiger partial charge >= 0.3 is 6.03 Å². The molecule has 5 nitrogen and oxygen atoms in total. The van der Waals surface area contributed by atoms with Crippen molar-refractivity contribution in [2.45, 2.75) is 32.7 Å². The Labute approximate surface area is 145 Å². The van der Waals surface area contributed by atoms with Crippen LogP contribution in [0.1, 0.15) is 25.8 Å². The average molecular weight is 333 g/mol. The molecular formula is C19H31N3O2. The summed E-state index contributed by atoms with van der Waals surface area (Å²) in [6.45, 7) is 7.88. The summed E-state index contributed by atoms with van der Waals surface area (Å²) in [6, 6.07) is 10.4. The summed E-state index contributed by atoms with van der Waals surface area (Å²) in [5, 5.41) is 15.0. The second-order valence-electron chi connectivity index (χ2n) is 6.99. The predicted molar refractivity (Wildman–Crippen MR) is 96.9 cm³/mol. The number of nitrogens with zero attached hydrogens (tertiary/aromatic N) is 1. The molecule has 0 saturated carbocycles. The number of hydrogen-bond acceptors (Lipinski definition) is 3. The SMILES string of the molecule is CC(CO)C(C)NC(=O)NCC1CCN(CCc2ccccc2)C1. The van der Waals surface area contributed by atoms with Gasteiger partial charge in [0, 0.05) is 32.3 Å². The highest BCUT2D eigenvalue weighted by molar-refractivity contribution is 5.74. The number of nitrogens with one attached hydrogen (secondary N) is 2. The highest BCUT2D eigenvalue weighted by Gasteiger charge is 2.23. The lowest BCUT2D eigenvalue weighted by Gasteiger charge is -2.20. The standard InChI is InChI=1S/C19H31N3O2/c1-15(14-23)16(2)21-19(24)20-12-18-9-11-22(13-18)10-8-17-6-4-3-5-7-17/h3-7,15-16,18,23H,8-14H2,1-2H3,(H2,20,21,24). The third-order valence-electron chi connectivity index (χ3n) is 4.98. The van der Waals surface area contributed by atoms with E-state index < -0.39 is 0 Å². The molecule has 3 atom stereocenters. The Hall–Kier alpha value is -1.59. The number of aliphatic hydroxyl groups excluding tert-OH is 1. The maximum absolute atomic E-state index is 11.9. The molecule has 3 N–H and O–H groups in total. The van der Waals surface area contributed by atoms with E-state index in [0.717, 1.165) is 32.5 Å². The van der Waals surface area contributed by atoms with Crippen molar-refractivity contribution in [1.29, 1.82) is 0 Å². The van der Waals surface area contributed by atoms with Crippen LogP contribution in [0.4, 0.5) is 4.79 Å². The summed E-state index contributed by atoms with van der Waals surface area (Å²) >= 11 is 0. The van der Waals surface area contributed by atoms with E-state index in [4.69, 9.17) is 5.11 Å². The Morgan fingerprint density at radius 3 is 2.79 bits per heavy atom. The number of urea groups is 1. The molecule has 5 heteroatoms. The van der Waals surface area contributed by atoms with Gasteiger partial charge in [0.1, 0.15) is 0 Å². The monoisotopic (exact) mass is 333 g/mol. The van der Waals surface area contributed by atoms with E-state index >= 15 is 0 Å². The van der Waals surface area contributed by atoms with E-state index in [0.29, 0.717) is 12.5 Å². The fraction of sp³-hybridized carbons (Fsp3) is 0.632. The number of aliphatic hydroxyl groups is 1. The number of hydrogen-bond donors (Lipinski definition) is 3. The molecule has 134 valence electrons. The van der Waals surface area contributed by atoms with Gasteiger partial charge in [0.25, 0.3) is 0 Å². The lowest BCUT2D eigenvalue weighted by Crippen LogP contribution is -2.45. The zero-order valence-electron chi connectivity index (χ0n) is 14.9. The third-order valence-corrected chi connectivity index (χ3v) is 4.98. The quantitative estimate of drug-likeness (QED) is 0.680. The molecule has 1 aromatic carbocycles. The predicted octanol–water partition coefficient (Wildman–Crippen LogP) is 1.87. The van der Waals surface area contributed by atoms with Gasteiger partial charge in [0.05, 0.1) is 0 Å². The van der Waals surface area contributed by atoms with E-state index in [-0.39, 0.29) is 24.6 Å². The van der Waals surface area contributed by atoms with Crippen LogP contribution in [0.2, 0.25) is 0 Å². The van der Waals surface area contributed by atoms with Gasteiger partial charge in [-0.1, -0.05) is 37.3 Å². The first-order valence-electron chi connectivity index (χ1n) is 9.00. The molecule has 1 saturated heterocycles. The van der Waals surface area contributed by atoms with Crippen LogP contribution in [0.3, 0.4) is 0 Å². The van der Waals surface area contributed by atoms with Gasteiger partial charge in [-0.3, -0.25) is 0 Å². The Morgan fingerprint density at radius 2 is 2.08 bits per heavy atom. The largest absolute Gasteiger partial charge is 0.396 e. The minimum absolute atomic E-state index is 0.0269. The number of benzene rings is 1. The molecule has 0 radical (unpaired) electrons. The summed E-state index contributed by atoms with van der Waals surface area (Å²) in [4.78, 5) is 14.4. The minimum Gasteiger partial charge on any atom is -0.396 e. The number of rotatable bonds is 8. The molecular weight excluding hydrogens is 302 g/mol. The van der Waals surface area contributed by atoms with Crippen molar-refractivity contribution in [3.05, 3.63) is 35.9 Å². The minimum atomic E-state index is -0.134. The molecule has 0 spiro atoms. The van der Waals surface area contributed by atoms with Crippen LogP contribution in [-0.4, -0.2) is 54.9 Å². The summed E-state index contributed by atoms with van der Waals surface area (Å²) in [5.74, 6) is 0.591. The van der Waals surface area contributed by atoms with Crippen molar-refractivity contribution in [1.82, 2.24) is 15.5 Å². The van der Waals surface area contributed by atoms with Gasteiger partial charge in [-0.25, -0.2) is 4.79 Å². The van der Waals surface area contributed by atoms with Crippen LogP contribution >= 0.6 is 0 Å². The number of carbonyl (C=O) groups is 1. The van der Waals surface area contributed by atoms with Gasteiger partial charge in [-0.15, -0.1) is 0 Å². The van der Waals surface area contributed by atoms with Gasteiger partial charge in [-0.05, 0) is 43.7 Å². The normalized spacial score (nSPS) is 20.5. The maximum atomic E-state index is 11.9. The Balaban J connectivity index is 1.62. The van der Waals surface area contributed by atoms with Gasteiger partial charge in [-0.2, -0.15) is 0 Å². The van der Waals surface area contributed by atoms with Crippen molar-refractivity contribution < 1.29 is 9.90 Å². The van der Waals surface area contributed by atoms with Crippen LogP contribution in [0.5, 0.6) is 0 Å². The summed E-state index contributed by atoms with van der Waals surface area (Å²) < 4.78 is 0. The zero-order valence-corrected chi connectivity index (χ0v) is 14.9. The summed E-state index contributed by atoms with van der Waals surface area (Å²) in [6.07, 6.45) is 2.22. The third kappa shape index (κ3) is 6.13. The van der Waals surface area contributed by atoms with Crippen molar-refractivity contribution in [2.75, 3.05) is 32.8 Å². The van der Waals surface area contributed by atoms with Crippen molar-refractivity contribution in [2.24, 2.45) is 11.8 Å². The van der Waals surface area contributed by atoms with Gasteiger partial charge < -0.3 is 20.6 Å². The van der Waals surface area contributed by atoms with E-state index in [9.17, 15) is 4.79 Å². The van der Waals surface area contributed by atoms with Crippen LogP contribution in [0.15, 0.2) is 30.3 Å². The molecule has 2 amide bonds. The molecule has 3 unspecified atom stereocenters. The summed E-state index contributed by atoms with van der Waals surface area (Å²) in [7, 11) is 0. The molecule has 0 bridgehead atoms. The zero-order chi connectivity index (χ0) is 17.4. The molecule has 1 aromatic rings. The van der Waals surface area contributed by atoms with Gasteiger partial charge in [0.15, 0.2) is 0 Å². The lowest BCUT2D eigenvalue weighted by atomic mass is 10.1. The molecule has 1 heterocycles. The maximum Gasteiger partial charge on any atom is 0.315 e. The fourth-order valence-electron chi connectivity index (χ4n) is 3.01. The number of carbonyl (C=O) groups excluding carboxylic acids is 1. The fourth-order valence-corrected chi connectivity index (χ4v) is 3.01. The van der Waals surface area contributed by atoms with E-state index in [1.807, 2.05) is 19.9 Å². The van der Waals surface area contributed by atoms with E-state index in [1.54, 1.807) is 0 Å².